The number of rotatable bonds is 4. The largest absolute Gasteiger partial charge is 0.396 e. The first-order valence-corrected chi connectivity index (χ1v) is 5.41. The van der Waals surface area contributed by atoms with Crippen LogP contribution in [0.25, 0.3) is 0 Å². The van der Waals surface area contributed by atoms with Crippen molar-refractivity contribution in [2.45, 2.75) is 25.8 Å². The van der Waals surface area contributed by atoms with E-state index in [1.165, 1.54) is 0 Å². The Morgan fingerprint density at radius 1 is 1.56 bits per heavy atom. The van der Waals surface area contributed by atoms with Gasteiger partial charge >= 0.3 is 0 Å². The maximum atomic E-state index is 11.4. The summed E-state index contributed by atoms with van der Waals surface area (Å²) in [5, 5.41) is 5.83. The Labute approximate surface area is 94.4 Å². The topological polar surface area (TPSA) is 80.0 Å². The second-order valence-corrected chi connectivity index (χ2v) is 4.09. The predicted molar refractivity (Wildman–Crippen MR) is 63.0 cm³/mol. The van der Waals surface area contributed by atoms with E-state index in [0.717, 1.165) is 18.5 Å². The van der Waals surface area contributed by atoms with Crippen LogP contribution in [0.15, 0.2) is 12.1 Å². The molecule has 1 aliphatic rings. The lowest BCUT2D eigenvalue weighted by molar-refractivity contribution is -0.119. The van der Waals surface area contributed by atoms with E-state index in [9.17, 15) is 4.79 Å². The van der Waals surface area contributed by atoms with Gasteiger partial charge in [-0.05, 0) is 31.9 Å². The summed E-state index contributed by atoms with van der Waals surface area (Å²) in [4.78, 5) is 15.6. The lowest BCUT2D eigenvalue weighted by Crippen LogP contribution is -2.31. The molecule has 0 radical (unpaired) electrons. The standard InChI is InChI=1S/C11H16N4O/c1-7-2-5-9(12)11(14-7)13-6-10(16)15-8-3-4-8/h2,5,8H,3-4,6,12H2,1H3,(H,13,14)(H,15,16). The zero-order valence-corrected chi connectivity index (χ0v) is 9.29. The van der Waals surface area contributed by atoms with Gasteiger partial charge in [0, 0.05) is 11.7 Å². The Bertz CT molecular complexity index is 401. The fraction of sp³-hybridized carbons (Fsp3) is 0.455. The van der Waals surface area contributed by atoms with Gasteiger partial charge in [-0.2, -0.15) is 0 Å². The highest BCUT2D eigenvalue weighted by molar-refractivity contribution is 5.82. The van der Waals surface area contributed by atoms with Crippen molar-refractivity contribution in [3.63, 3.8) is 0 Å². The second-order valence-electron chi connectivity index (χ2n) is 4.09. The lowest BCUT2D eigenvalue weighted by atomic mass is 10.3. The van der Waals surface area contributed by atoms with Crippen LogP contribution in [0.1, 0.15) is 18.5 Å². The Balaban J connectivity index is 1.87. The van der Waals surface area contributed by atoms with Crippen molar-refractivity contribution >= 4 is 17.4 Å². The fourth-order valence-electron chi connectivity index (χ4n) is 1.38. The summed E-state index contributed by atoms with van der Waals surface area (Å²) < 4.78 is 0. The van der Waals surface area contributed by atoms with Crippen LogP contribution in [-0.2, 0) is 4.79 Å². The molecule has 0 atom stereocenters. The van der Waals surface area contributed by atoms with Crippen LogP contribution in [0.5, 0.6) is 0 Å². The van der Waals surface area contributed by atoms with Crippen LogP contribution in [0.3, 0.4) is 0 Å². The Morgan fingerprint density at radius 3 is 3.00 bits per heavy atom. The van der Waals surface area contributed by atoms with Crippen LogP contribution in [0, 0.1) is 6.92 Å². The Kier molecular flexibility index (Phi) is 2.94. The monoisotopic (exact) mass is 220 g/mol. The Hall–Kier alpha value is -1.78. The summed E-state index contributed by atoms with van der Waals surface area (Å²) in [5.74, 6) is 0.566. The van der Waals surface area contributed by atoms with Gasteiger partial charge < -0.3 is 16.4 Å². The van der Waals surface area contributed by atoms with Gasteiger partial charge in [0.05, 0.1) is 12.2 Å². The van der Waals surface area contributed by atoms with E-state index in [4.69, 9.17) is 5.73 Å². The van der Waals surface area contributed by atoms with Gasteiger partial charge in [0.2, 0.25) is 5.91 Å². The van der Waals surface area contributed by atoms with Crippen molar-refractivity contribution in [3.8, 4) is 0 Å². The summed E-state index contributed by atoms with van der Waals surface area (Å²) in [6, 6.07) is 4.01. The number of aryl methyl sites for hydroxylation is 1. The first-order chi connectivity index (χ1) is 7.65. The molecule has 0 saturated heterocycles. The third kappa shape index (κ3) is 2.85. The lowest BCUT2D eigenvalue weighted by Gasteiger charge is -2.09. The highest BCUT2D eigenvalue weighted by Crippen LogP contribution is 2.18. The van der Waals surface area contributed by atoms with Crippen molar-refractivity contribution < 1.29 is 4.79 Å². The SMILES string of the molecule is Cc1ccc(N)c(NCC(=O)NC2CC2)n1. The summed E-state index contributed by atoms with van der Waals surface area (Å²) in [5.41, 5.74) is 7.17. The number of carbonyl (C=O) groups is 1. The van der Waals surface area contributed by atoms with E-state index in [1.54, 1.807) is 6.07 Å². The molecule has 1 heterocycles. The van der Waals surface area contributed by atoms with Crippen LogP contribution in [0.4, 0.5) is 11.5 Å². The summed E-state index contributed by atoms with van der Waals surface area (Å²) in [6.45, 7) is 2.10. The highest BCUT2D eigenvalue weighted by atomic mass is 16.2. The van der Waals surface area contributed by atoms with Crippen LogP contribution < -0.4 is 16.4 Å². The van der Waals surface area contributed by atoms with Gasteiger partial charge in [0.25, 0.3) is 0 Å². The zero-order valence-electron chi connectivity index (χ0n) is 9.29. The number of nitrogen functional groups attached to an aromatic ring is 1. The number of nitrogens with two attached hydrogens (primary N) is 1. The molecule has 5 nitrogen and oxygen atoms in total. The molecule has 0 unspecified atom stereocenters. The number of carbonyl (C=O) groups excluding carboxylic acids is 1. The molecule has 1 fully saturated rings. The predicted octanol–water partition coefficient (Wildman–Crippen LogP) is 0.663. The van der Waals surface area contributed by atoms with Crippen molar-refractivity contribution in [1.82, 2.24) is 10.3 Å². The number of aromatic nitrogens is 1. The molecule has 16 heavy (non-hydrogen) atoms. The van der Waals surface area contributed by atoms with Gasteiger partial charge in [0.1, 0.15) is 5.82 Å². The van der Waals surface area contributed by atoms with Crippen molar-refractivity contribution in [3.05, 3.63) is 17.8 Å². The van der Waals surface area contributed by atoms with Gasteiger partial charge in [-0.3, -0.25) is 4.79 Å². The number of amides is 1. The van der Waals surface area contributed by atoms with Crippen molar-refractivity contribution in [2.24, 2.45) is 0 Å². The molecular weight excluding hydrogens is 204 g/mol. The molecule has 2 rings (SSSR count). The second kappa shape index (κ2) is 4.38. The molecular formula is C11H16N4O. The van der Waals surface area contributed by atoms with Gasteiger partial charge in [0.15, 0.2) is 0 Å². The van der Waals surface area contributed by atoms with E-state index >= 15 is 0 Å². The maximum absolute atomic E-state index is 11.4. The smallest absolute Gasteiger partial charge is 0.239 e. The maximum Gasteiger partial charge on any atom is 0.239 e. The quantitative estimate of drug-likeness (QED) is 0.696. The number of nitrogens with one attached hydrogen (secondary N) is 2. The zero-order chi connectivity index (χ0) is 11.5. The van der Waals surface area contributed by atoms with Crippen LogP contribution >= 0.6 is 0 Å². The van der Waals surface area contributed by atoms with Gasteiger partial charge in [-0.25, -0.2) is 4.98 Å². The summed E-state index contributed by atoms with van der Waals surface area (Å²) in [7, 11) is 0. The minimum atomic E-state index is -0.00907. The average molecular weight is 220 g/mol. The molecule has 1 aromatic heterocycles. The normalized spacial score (nSPS) is 14.6. The molecule has 1 saturated carbocycles. The molecule has 0 spiro atoms. The summed E-state index contributed by atoms with van der Waals surface area (Å²) >= 11 is 0. The summed E-state index contributed by atoms with van der Waals surface area (Å²) in [6.07, 6.45) is 2.19. The Morgan fingerprint density at radius 2 is 2.31 bits per heavy atom. The molecule has 0 aliphatic heterocycles. The molecule has 1 amide bonds. The van der Waals surface area contributed by atoms with E-state index in [-0.39, 0.29) is 12.5 Å². The van der Waals surface area contributed by atoms with Crippen LogP contribution in [0.2, 0.25) is 0 Å². The highest BCUT2D eigenvalue weighted by Gasteiger charge is 2.22. The van der Waals surface area contributed by atoms with Crippen molar-refractivity contribution in [2.75, 3.05) is 17.6 Å². The number of nitrogens with zero attached hydrogens (tertiary/aromatic N) is 1. The molecule has 1 aliphatic carbocycles. The number of hydrogen-bond donors (Lipinski definition) is 3. The fourth-order valence-corrected chi connectivity index (χ4v) is 1.38. The molecule has 86 valence electrons. The van der Waals surface area contributed by atoms with E-state index in [0.29, 0.717) is 17.5 Å². The number of pyridine rings is 1. The molecule has 1 aromatic rings. The van der Waals surface area contributed by atoms with E-state index in [2.05, 4.69) is 15.6 Å². The first-order valence-electron chi connectivity index (χ1n) is 5.41. The van der Waals surface area contributed by atoms with E-state index < -0.39 is 0 Å². The van der Waals surface area contributed by atoms with Crippen LogP contribution in [-0.4, -0.2) is 23.5 Å². The number of hydrogen-bond acceptors (Lipinski definition) is 4. The van der Waals surface area contributed by atoms with Gasteiger partial charge in [-0.15, -0.1) is 0 Å². The third-order valence-electron chi connectivity index (χ3n) is 2.42. The van der Waals surface area contributed by atoms with Gasteiger partial charge in [-0.1, -0.05) is 0 Å². The minimum absolute atomic E-state index is 0.00907. The van der Waals surface area contributed by atoms with Crippen molar-refractivity contribution in [1.29, 1.82) is 0 Å². The van der Waals surface area contributed by atoms with E-state index in [1.807, 2.05) is 13.0 Å². The first kappa shape index (κ1) is 10.7. The third-order valence-corrected chi connectivity index (χ3v) is 2.42. The number of anilines is 2. The minimum Gasteiger partial charge on any atom is -0.396 e. The molecule has 4 N–H and O–H groups in total. The molecule has 5 heteroatoms. The average Bonchev–Trinajstić information content (AvgIpc) is 3.03. The molecule has 0 bridgehead atoms. The molecule has 0 aromatic carbocycles.